The van der Waals surface area contributed by atoms with E-state index in [-0.39, 0.29) is 19.0 Å². The SMILES string of the molecule is CCCC(CC)CN(CC)S(=O)(=O)C(C)(F)F. The summed E-state index contributed by atoms with van der Waals surface area (Å²) in [6.45, 7) is 6.25. The van der Waals surface area contributed by atoms with Crippen molar-refractivity contribution in [1.82, 2.24) is 4.31 Å². The van der Waals surface area contributed by atoms with Crippen LogP contribution in [0, 0.1) is 5.92 Å². The largest absolute Gasteiger partial charge is 0.356 e. The smallest absolute Gasteiger partial charge is 0.206 e. The molecule has 0 radical (unpaired) electrons. The van der Waals surface area contributed by atoms with Crippen LogP contribution < -0.4 is 0 Å². The number of halogens is 2. The molecule has 1 atom stereocenters. The van der Waals surface area contributed by atoms with Crippen LogP contribution in [0.3, 0.4) is 0 Å². The van der Waals surface area contributed by atoms with Crippen LogP contribution in [0.5, 0.6) is 0 Å². The second-order valence-corrected chi connectivity index (χ2v) is 6.51. The molecule has 3 nitrogen and oxygen atoms in total. The molecule has 0 rings (SSSR count). The fourth-order valence-corrected chi connectivity index (χ4v) is 2.94. The fourth-order valence-electron chi connectivity index (χ4n) is 1.74. The lowest BCUT2D eigenvalue weighted by molar-refractivity contribution is 0.103. The Labute approximate surface area is 103 Å². The average Bonchev–Trinajstić information content (AvgIpc) is 2.22. The van der Waals surface area contributed by atoms with Crippen molar-refractivity contribution in [2.24, 2.45) is 5.92 Å². The van der Waals surface area contributed by atoms with E-state index in [0.717, 1.165) is 23.6 Å². The Kier molecular flexibility index (Phi) is 6.55. The third kappa shape index (κ3) is 4.50. The molecule has 0 aromatic rings. The summed E-state index contributed by atoms with van der Waals surface area (Å²) in [4.78, 5) is 0. The first kappa shape index (κ1) is 16.8. The summed E-state index contributed by atoms with van der Waals surface area (Å²) in [5.74, 6) is 0.150. The van der Waals surface area contributed by atoms with Crippen LogP contribution in [0.4, 0.5) is 8.78 Å². The number of alkyl halides is 2. The molecule has 17 heavy (non-hydrogen) atoms. The first-order chi connectivity index (χ1) is 7.70. The highest BCUT2D eigenvalue weighted by atomic mass is 32.2. The van der Waals surface area contributed by atoms with E-state index in [4.69, 9.17) is 0 Å². The molecule has 6 heteroatoms. The minimum Gasteiger partial charge on any atom is -0.206 e. The minimum atomic E-state index is -4.51. The van der Waals surface area contributed by atoms with E-state index in [0.29, 0.717) is 6.92 Å². The standard InChI is InChI=1S/C11H23F2NO2S/c1-5-8-10(6-2)9-14(7-3)17(15,16)11(4,12)13/h10H,5-9H2,1-4H3. The molecule has 0 heterocycles. The van der Waals surface area contributed by atoms with E-state index in [1.54, 1.807) is 6.92 Å². The van der Waals surface area contributed by atoms with Crippen LogP contribution in [0.2, 0.25) is 0 Å². The lowest BCUT2D eigenvalue weighted by atomic mass is 10.0. The van der Waals surface area contributed by atoms with Crippen molar-refractivity contribution < 1.29 is 17.2 Å². The molecular weight excluding hydrogens is 248 g/mol. The topological polar surface area (TPSA) is 37.4 Å². The van der Waals surface area contributed by atoms with Crippen LogP contribution in [-0.2, 0) is 10.0 Å². The first-order valence-corrected chi connectivity index (χ1v) is 7.52. The summed E-state index contributed by atoms with van der Waals surface area (Å²) in [5, 5.41) is -3.70. The summed E-state index contributed by atoms with van der Waals surface area (Å²) in [6.07, 6.45) is 2.59. The maximum atomic E-state index is 13.0. The van der Waals surface area contributed by atoms with Crippen LogP contribution in [0.1, 0.15) is 47.0 Å². The Balaban J connectivity index is 4.86. The van der Waals surface area contributed by atoms with Crippen molar-refractivity contribution in [1.29, 1.82) is 0 Å². The van der Waals surface area contributed by atoms with Gasteiger partial charge in [0, 0.05) is 20.0 Å². The number of sulfonamides is 1. The molecule has 0 aliphatic carbocycles. The second-order valence-electron chi connectivity index (χ2n) is 4.33. The lowest BCUT2D eigenvalue weighted by Crippen LogP contribution is -2.43. The van der Waals surface area contributed by atoms with Gasteiger partial charge < -0.3 is 0 Å². The molecule has 0 spiro atoms. The van der Waals surface area contributed by atoms with Gasteiger partial charge in [0.25, 0.3) is 10.0 Å². The molecule has 0 bridgehead atoms. The molecule has 0 aliphatic rings. The second kappa shape index (κ2) is 6.64. The first-order valence-electron chi connectivity index (χ1n) is 6.08. The van der Waals surface area contributed by atoms with E-state index >= 15 is 0 Å². The zero-order chi connectivity index (χ0) is 13.7. The van der Waals surface area contributed by atoms with Crippen molar-refractivity contribution in [2.75, 3.05) is 13.1 Å². The van der Waals surface area contributed by atoms with Gasteiger partial charge in [0.1, 0.15) is 0 Å². The molecule has 0 aromatic heterocycles. The molecule has 0 saturated carbocycles. The molecule has 0 amide bonds. The Bertz CT molecular complexity index is 312. The molecule has 0 aliphatic heterocycles. The fraction of sp³-hybridized carbons (Fsp3) is 1.00. The van der Waals surface area contributed by atoms with Gasteiger partial charge in [-0.2, -0.15) is 13.1 Å². The van der Waals surface area contributed by atoms with E-state index in [2.05, 4.69) is 0 Å². The molecule has 0 fully saturated rings. The van der Waals surface area contributed by atoms with Gasteiger partial charge in [-0.25, -0.2) is 8.42 Å². The summed E-state index contributed by atoms with van der Waals surface area (Å²) in [5.41, 5.74) is 0. The van der Waals surface area contributed by atoms with E-state index in [1.165, 1.54) is 0 Å². The maximum Gasteiger partial charge on any atom is 0.356 e. The summed E-state index contributed by atoms with van der Waals surface area (Å²) >= 11 is 0. The van der Waals surface area contributed by atoms with Crippen LogP contribution >= 0.6 is 0 Å². The van der Waals surface area contributed by atoms with Gasteiger partial charge in [0.15, 0.2) is 0 Å². The van der Waals surface area contributed by atoms with Gasteiger partial charge in [-0.15, -0.1) is 0 Å². The highest BCUT2D eigenvalue weighted by Crippen LogP contribution is 2.26. The number of rotatable bonds is 8. The van der Waals surface area contributed by atoms with Gasteiger partial charge in [-0.05, 0) is 12.3 Å². The van der Waals surface area contributed by atoms with E-state index in [1.807, 2.05) is 13.8 Å². The van der Waals surface area contributed by atoms with Crippen molar-refractivity contribution >= 4 is 10.0 Å². The maximum absolute atomic E-state index is 13.0. The Morgan fingerprint density at radius 2 is 1.76 bits per heavy atom. The molecule has 104 valence electrons. The van der Waals surface area contributed by atoms with Crippen molar-refractivity contribution in [3.05, 3.63) is 0 Å². The zero-order valence-corrected chi connectivity index (χ0v) is 11.9. The van der Waals surface area contributed by atoms with Crippen LogP contribution in [-0.4, -0.2) is 31.1 Å². The third-order valence-corrected chi connectivity index (χ3v) is 4.87. The molecular formula is C11H23F2NO2S. The number of nitrogens with zero attached hydrogens (tertiary/aromatic N) is 1. The predicted molar refractivity (Wildman–Crippen MR) is 65.5 cm³/mol. The summed E-state index contributed by atoms with van der Waals surface area (Å²) in [6, 6.07) is 0. The minimum absolute atomic E-state index is 0.0893. The third-order valence-electron chi connectivity index (χ3n) is 2.88. The predicted octanol–water partition coefficient (Wildman–Crippen LogP) is 3.08. The highest BCUT2D eigenvalue weighted by molar-refractivity contribution is 7.90. The van der Waals surface area contributed by atoms with Crippen molar-refractivity contribution in [3.63, 3.8) is 0 Å². The monoisotopic (exact) mass is 271 g/mol. The lowest BCUT2D eigenvalue weighted by Gasteiger charge is -2.27. The van der Waals surface area contributed by atoms with Crippen molar-refractivity contribution in [2.45, 2.75) is 52.2 Å². The highest BCUT2D eigenvalue weighted by Gasteiger charge is 2.43. The zero-order valence-electron chi connectivity index (χ0n) is 11.0. The average molecular weight is 271 g/mol. The van der Waals surface area contributed by atoms with Crippen LogP contribution in [0.15, 0.2) is 0 Å². The molecule has 0 aromatic carbocycles. The van der Waals surface area contributed by atoms with Gasteiger partial charge in [0.05, 0.1) is 0 Å². The normalized spacial score (nSPS) is 15.2. The molecule has 0 N–H and O–H groups in total. The number of hydrogen-bond donors (Lipinski definition) is 0. The van der Waals surface area contributed by atoms with Gasteiger partial charge in [0.2, 0.25) is 0 Å². The summed E-state index contributed by atoms with van der Waals surface area (Å²) < 4.78 is 50.2. The Morgan fingerprint density at radius 3 is 2.06 bits per heavy atom. The quantitative estimate of drug-likeness (QED) is 0.680. The number of hydrogen-bond acceptors (Lipinski definition) is 2. The van der Waals surface area contributed by atoms with Gasteiger partial charge >= 0.3 is 5.25 Å². The summed E-state index contributed by atoms with van der Waals surface area (Å²) in [7, 11) is -4.51. The Hall–Kier alpha value is -0.230. The van der Waals surface area contributed by atoms with E-state index < -0.39 is 15.3 Å². The van der Waals surface area contributed by atoms with Crippen molar-refractivity contribution in [3.8, 4) is 0 Å². The van der Waals surface area contributed by atoms with E-state index in [9.17, 15) is 17.2 Å². The molecule has 0 saturated heterocycles. The van der Waals surface area contributed by atoms with Gasteiger partial charge in [-0.3, -0.25) is 0 Å². The van der Waals surface area contributed by atoms with Crippen LogP contribution in [0.25, 0.3) is 0 Å². The van der Waals surface area contributed by atoms with Gasteiger partial charge in [-0.1, -0.05) is 33.6 Å². The molecule has 1 unspecified atom stereocenters. The Morgan fingerprint density at radius 1 is 1.24 bits per heavy atom.